The van der Waals surface area contributed by atoms with Crippen LogP contribution >= 0.6 is 0 Å². The van der Waals surface area contributed by atoms with Gasteiger partial charge in [0.1, 0.15) is 5.25 Å². The van der Waals surface area contributed by atoms with Gasteiger partial charge in [-0.15, -0.1) is 0 Å². The fourth-order valence-corrected chi connectivity index (χ4v) is 4.05. The number of rotatable bonds is 1. The molecule has 3 aromatic rings. The lowest BCUT2D eigenvalue weighted by molar-refractivity contribution is -0.660. The first kappa shape index (κ1) is 13.4. The number of nitrogens with zero attached hydrogens (tertiary/aromatic N) is 2. The van der Waals surface area contributed by atoms with Gasteiger partial charge in [-0.05, 0) is 18.2 Å². The molecule has 0 aliphatic carbocycles. The Kier molecular flexibility index (Phi) is 2.82. The molecule has 1 atom stereocenters. The Labute approximate surface area is 127 Å². The predicted octanol–water partition coefficient (Wildman–Crippen LogP) is 1.85. The van der Waals surface area contributed by atoms with Crippen LogP contribution in [-0.2, 0) is 16.7 Å². The molecule has 0 fully saturated rings. The smallest absolute Gasteiger partial charge is 0.285 e. The zero-order valence-electron chi connectivity index (χ0n) is 11.6. The average molecular weight is 316 g/mol. The number of aryl methyl sites for hydroxylation is 1. The highest BCUT2D eigenvalue weighted by molar-refractivity contribution is 7.86. The second kappa shape index (κ2) is 4.62. The van der Waals surface area contributed by atoms with Gasteiger partial charge in [-0.3, -0.25) is 4.55 Å². The van der Waals surface area contributed by atoms with Gasteiger partial charge in [0.2, 0.25) is 0 Å². The number of aromatic nitrogens is 3. The highest BCUT2D eigenvalue weighted by atomic mass is 32.2. The van der Waals surface area contributed by atoms with Gasteiger partial charge in [0.15, 0.2) is 16.7 Å². The first-order valence-corrected chi connectivity index (χ1v) is 8.48. The fraction of sp³-hybridized carbons (Fsp3) is 0.200. The van der Waals surface area contributed by atoms with E-state index in [9.17, 15) is 13.0 Å². The lowest BCUT2D eigenvalue weighted by Gasteiger charge is -2.11. The summed E-state index contributed by atoms with van der Waals surface area (Å²) in [4.78, 5) is 7.66. The van der Waals surface area contributed by atoms with Crippen molar-refractivity contribution in [3.8, 4) is 11.5 Å². The van der Waals surface area contributed by atoms with E-state index in [1.807, 2.05) is 28.8 Å². The van der Waals surface area contributed by atoms with E-state index in [1.165, 1.54) is 0 Å². The van der Waals surface area contributed by atoms with Crippen molar-refractivity contribution in [2.24, 2.45) is 0 Å². The normalized spacial score (nSPS) is 17.8. The summed E-state index contributed by atoms with van der Waals surface area (Å²) in [5.41, 5.74) is 3.06. The first-order chi connectivity index (χ1) is 10.6. The van der Waals surface area contributed by atoms with Crippen molar-refractivity contribution >= 4 is 21.2 Å². The highest BCUT2D eigenvalue weighted by Crippen LogP contribution is 2.34. The van der Waals surface area contributed by atoms with Crippen LogP contribution in [0.25, 0.3) is 22.6 Å². The van der Waals surface area contributed by atoms with Crippen LogP contribution < -0.4 is 4.57 Å². The van der Waals surface area contributed by atoms with Gasteiger partial charge in [-0.25, -0.2) is 14.5 Å². The summed E-state index contributed by atoms with van der Waals surface area (Å²) < 4.78 is 35.1. The molecular formula is C15H14N3O3S+. The molecule has 2 aromatic heterocycles. The molecule has 0 amide bonds. The molecular weight excluding hydrogens is 302 g/mol. The lowest BCUT2D eigenvalue weighted by Crippen LogP contribution is -2.34. The molecule has 4 rings (SSSR count). The molecule has 0 spiro atoms. The number of hydrogen-bond acceptors (Lipinski definition) is 3. The van der Waals surface area contributed by atoms with Gasteiger partial charge >= 0.3 is 5.82 Å². The van der Waals surface area contributed by atoms with Crippen molar-refractivity contribution in [1.82, 2.24) is 9.97 Å². The standard InChI is InChI=1S/C15H13N3O3S/c19-22(20,21)13-7-9-18-12-6-2-1-5-11(12)17-15(18)14-10(13)4-3-8-16-14/h1-6,8,13H,7,9H2,(H,19,20,21)/p+1/t13-/m1/s1. The summed E-state index contributed by atoms with van der Waals surface area (Å²) in [5.74, 6) is 0.767. The van der Waals surface area contributed by atoms with Gasteiger partial charge in [-0.1, -0.05) is 18.2 Å². The third kappa shape index (κ3) is 1.93. The Morgan fingerprint density at radius 1 is 1.23 bits per heavy atom. The van der Waals surface area contributed by atoms with E-state index < -0.39 is 15.4 Å². The van der Waals surface area contributed by atoms with E-state index in [0.717, 1.165) is 16.9 Å². The highest BCUT2D eigenvalue weighted by Gasteiger charge is 2.36. The zero-order valence-corrected chi connectivity index (χ0v) is 12.4. The number of fused-ring (bicyclic) bond motifs is 5. The molecule has 0 radical (unpaired) electrons. The van der Waals surface area contributed by atoms with Crippen LogP contribution in [0.1, 0.15) is 17.2 Å². The van der Waals surface area contributed by atoms with Crippen LogP contribution in [0.2, 0.25) is 0 Å². The van der Waals surface area contributed by atoms with E-state index in [-0.39, 0.29) is 0 Å². The van der Waals surface area contributed by atoms with Crippen molar-refractivity contribution < 1.29 is 17.5 Å². The van der Waals surface area contributed by atoms with Crippen LogP contribution in [0.3, 0.4) is 0 Å². The molecule has 22 heavy (non-hydrogen) atoms. The SMILES string of the molecule is O=S(=O)(O)[C@@H]1CC[n+]2c([nH]c3ccccc32)-c2ncccc21. The summed E-state index contributed by atoms with van der Waals surface area (Å²) in [5, 5.41) is -0.955. The molecule has 2 N–H and O–H groups in total. The molecule has 7 heteroatoms. The van der Waals surface area contributed by atoms with Crippen LogP contribution in [0.4, 0.5) is 0 Å². The zero-order chi connectivity index (χ0) is 15.3. The van der Waals surface area contributed by atoms with E-state index in [2.05, 4.69) is 9.97 Å². The number of pyridine rings is 1. The Hall–Kier alpha value is -2.25. The second-order valence-electron chi connectivity index (χ2n) is 5.38. The largest absolute Gasteiger partial charge is 0.306 e. The van der Waals surface area contributed by atoms with Crippen molar-refractivity contribution in [2.75, 3.05) is 0 Å². The van der Waals surface area contributed by atoms with Crippen molar-refractivity contribution in [3.05, 3.63) is 48.2 Å². The maximum Gasteiger partial charge on any atom is 0.306 e. The van der Waals surface area contributed by atoms with Crippen LogP contribution in [0.5, 0.6) is 0 Å². The minimum atomic E-state index is -4.18. The number of H-pyrrole nitrogens is 1. The Morgan fingerprint density at radius 2 is 2.05 bits per heavy atom. The topological polar surface area (TPSA) is 86.9 Å². The summed E-state index contributed by atoms with van der Waals surface area (Å²) >= 11 is 0. The molecule has 0 saturated carbocycles. The van der Waals surface area contributed by atoms with E-state index in [0.29, 0.717) is 24.2 Å². The number of hydrogen-bond donors (Lipinski definition) is 2. The predicted molar refractivity (Wildman–Crippen MR) is 80.6 cm³/mol. The fourth-order valence-electron chi connectivity index (χ4n) is 3.14. The average Bonchev–Trinajstić information content (AvgIpc) is 2.77. The summed E-state index contributed by atoms with van der Waals surface area (Å²) in [6.07, 6.45) is 1.93. The molecule has 3 heterocycles. The Bertz CT molecular complexity index is 979. The van der Waals surface area contributed by atoms with Crippen molar-refractivity contribution in [1.29, 1.82) is 0 Å². The molecule has 1 aromatic carbocycles. The maximum absolute atomic E-state index is 11.7. The van der Waals surface area contributed by atoms with Gasteiger partial charge < -0.3 is 0 Å². The summed E-state index contributed by atoms with van der Waals surface area (Å²) in [7, 11) is -4.18. The van der Waals surface area contributed by atoms with E-state index >= 15 is 0 Å². The Balaban J connectivity index is 2.04. The molecule has 0 unspecified atom stereocenters. The summed E-state index contributed by atoms with van der Waals surface area (Å²) in [6, 6.07) is 11.2. The first-order valence-electron chi connectivity index (χ1n) is 6.98. The molecule has 112 valence electrons. The third-order valence-electron chi connectivity index (χ3n) is 4.10. The quantitative estimate of drug-likeness (QED) is 0.530. The van der Waals surface area contributed by atoms with Crippen LogP contribution in [0.15, 0.2) is 42.6 Å². The minimum absolute atomic E-state index is 0.303. The van der Waals surface area contributed by atoms with Crippen LogP contribution in [0, 0.1) is 0 Å². The second-order valence-corrected chi connectivity index (χ2v) is 6.97. The molecule has 0 bridgehead atoms. The van der Waals surface area contributed by atoms with Crippen molar-refractivity contribution in [2.45, 2.75) is 18.2 Å². The number of benzene rings is 1. The Morgan fingerprint density at radius 3 is 2.86 bits per heavy atom. The minimum Gasteiger partial charge on any atom is -0.285 e. The molecule has 0 saturated heterocycles. The van der Waals surface area contributed by atoms with Crippen molar-refractivity contribution in [3.63, 3.8) is 0 Å². The summed E-state index contributed by atoms with van der Waals surface area (Å²) in [6.45, 7) is 0.486. The monoisotopic (exact) mass is 316 g/mol. The number of nitrogens with one attached hydrogen (secondary N) is 1. The van der Waals surface area contributed by atoms with Gasteiger partial charge in [-0.2, -0.15) is 8.42 Å². The van der Waals surface area contributed by atoms with Gasteiger partial charge in [0.05, 0.1) is 6.54 Å². The molecule has 6 nitrogen and oxygen atoms in total. The molecule has 1 aliphatic heterocycles. The maximum atomic E-state index is 11.7. The number of para-hydroxylation sites is 2. The third-order valence-corrected chi connectivity index (χ3v) is 5.31. The van der Waals surface area contributed by atoms with Gasteiger partial charge in [0.25, 0.3) is 10.1 Å². The number of imidazole rings is 1. The molecule has 1 aliphatic rings. The van der Waals surface area contributed by atoms with E-state index in [1.54, 1.807) is 18.3 Å². The number of aromatic amines is 1. The van der Waals surface area contributed by atoms with Crippen LogP contribution in [-0.4, -0.2) is 22.9 Å². The van der Waals surface area contributed by atoms with Gasteiger partial charge in [0, 0.05) is 18.2 Å². The lowest BCUT2D eigenvalue weighted by atomic mass is 10.1. The van der Waals surface area contributed by atoms with E-state index in [4.69, 9.17) is 0 Å².